The maximum Gasteiger partial charge on any atom is 0.195 e. The van der Waals surface area contributed by atoms with Crippen LogP contribution in [0, 0.1) is 0 Å². The van der Waals surface area contributed by atoms with E-state index in [1.165, 1.54) is 19.3 Å². The van der Waals surface area contributed by atoms with E-state index in [0.717, 1.165) is 45.8 Å². The van der Waals surface area contributed by atoms with E-state index in [1.807, 2.05) is 48.7 Å². The summed E-state index contributed by atoms with van der Waals surface area (Å²) < 4.78 is 2.24. The van der Waals surface area contributed by atoms with Gasteiger partial charge >= 0.3 is 0 Å². The van der Waals surface area contributed by atoms with E-state index in [1.54, 1.807) is 0 Å². The van der Waals surface area contributed by atoms with Crippen LogP contribution in [0.15, 0.2) is 72.9 Å². The van der Waals surface area contributed by atoms with E-state index in [-0.39, 0.29) is 5.78 Å². The highest BCUT2D eigenvalue weighted by Crippen LogP contribution is 2.27. The third-order valence-electron chi connectivity index (χ3n) is 5.07. The van der Waals surface area contributed by atoms with E-state index in [9.17, 15) is 4.79 Å². The predicted octanol–water partition coefficient (Wildman–Crippen LogP) is 7.63. The van der Waals surface area contributed by atoms with Crippen LogP contribution in [0.3, 0.4) is 0 Å². The van der Waals surface area contributed by atoms with Crippen molar-refractivity contribution in [3.05, 3.63) is 84.1 Å². The van der Waals surface area contributed by atoms with Gasteiger partial charge in [0.15, 0.2) is 5.78 Å². The van der Waals surface area contributed by atoms with E-state index >= 15 is 0 Å². The largest absolute Gasteiger partial charge is 0.347 e. The Balaban J connectivity index is 0.000000755. The Morgan fingerprint density at radius 2 is 1.41 bits per heavy atom. The molecule has 3 aromatic carbocycles. The monoisotopic (exact) mass is 385 g/mol. The van der Waals surface area contributed by atoms with Gasteiger partial charge in [-0.15, -0.1) is 0 Å². The maximum atomic E-state index is 13.4. The molecule has 1 aromatic heterocycles. The molecule has 0 unspecified atom stereocenters. The van der Waals surface area contributed by atoms with Crippen molar-refractivity contribution in [2.24, 2.45) is 0 Å². The van der Waals surface area contributed by atoms with Crippen molar-refractivity contribution >= 4 is 27.5 Å². The molecule has 1 heterocycles. The lowest BCUT2D eigenvalue weighted by Gasteiger charge is -2.05. The number of para-hydroxylation sites is 1. The molecule has 0 N–H and O–H groups in total. The second-order valence-electron chi connectivity index (χ2n) is 7.52. The van der Waals surface area contributed by atoms with Crippen LogP contribution in [0.1, 0.15) is 62.4 Å². The van der Waals surface area contributed by atoms with E-state index < -0.39 is 0 Å². The summed E-state index contributed by atoms with van der Waals surface area (Å²) in [5.41, 5.74) is 2.72. The van der Waals surface area contributed by atoms with Gasteiger partial charge in [-0.25, -0.2) is 0 Å². The summed E-state index contributed by atoms with van der Waals surface area (Å²) in [7, 11) is 0. The number of carbonyl (C=O) groups is 1. The number of nitrogens with zero attached hydrogens (tertiary/aromatic N) is 1. The normalized spacial score (nSPS) is 10.7. The first-order valence-electron chi connectivity index (χ1n) is 10.8. The fraction of sp³-hybridized carbons (Fsp3) is 0.296. The maximum absolute atomic E-state index is 13.4. The topological polar surface area (TPSA) is 22.0 Å². The zero-order valence-electron chi connectivity index (χ0n) is 17.8. The molecule has 150 valence electrons. The van der Waals surface area contributed by atoms with Gasteiger partial charge in [0, 0.05) is 34.8 Å². The summed E-state index contributed by atoms with van der Waals surface area (Å²) in [4.78, 5) is 13.4. The van der Waals surface area contributed by atoms with Crippen LogP contribution in [-0.4, -0.2) is 10.4 Å². The Kier molecular flexibility index (Phi) is 7.24. The number of aryl methyl sites for hydroxylation is 1. The summed E-state index contributed by atoms with van der Waals surface area (Å²) in [6.45, 7) is 7.42. The first kappa shape index (κ1) is 20.9. The number of aromatic nitrogens is 1. The molecular formula is C27H31NO. The SMILES string of the molecule is CCC.CCCCCn1cc(C(=O)c2cccc3ccccc23)c2ccccc21. The summed E-state index contributed by atoms with van der Waals surface area (Å²) in [5.74, 6) is 0.104. The molecule has 0 amide bonds. The first-order chi connectivity index (χ1) is 14.2. The molecule has 0 fully saturated rings. The van der Waals surface area contributed by atoms with Gasteiger partial charge in [-0.2, -0.15) is 0 Å². The summed E-state index contributed by atoms with van der Waals surface area (Å²) >= 11 is 0. The van der Waals surface area contributed by atoms with Crippen molar-refractivity contribution in [2.45, 2.75) is 53.0 Å². The fourth-order valence-electron chi connectivity index (χ4n) is 3.71. The molecule has 0 saturated heterocycles. The molecule has 4 aromatic rings. The second kappa shape index (κ2) is 10.1. The van der Waals surface area contributed by atoms with E-state index in [2.05, 4.69) is 49.6 Å². The second-order valence-corrected chi connectivity index (χ2v) is 7.52. The predicted molar refractivity (Wildman–Crippen MR) is 125 cm³/mol. The number of fused-ring (bicyclic) bond motifs is 2. The Bertz CT molecular complexity index is 1080. The smallest absolute Gasteiger partial charge is 0.195 e. The number of hydrogen-bond acceptors (Lipinski definition) is 1. The number of rotatable bonds is 6. The molecule has 0 bridgehead atoms. The zero-order chi connectivity index (χ0) is 20.6. The summed E-state index contributed by atoms with van der Waals surface area (Å²) in [5, 5.41) is 3.16. The van der Waals surface area contributed by atoms with Crippen molar-refractivity contribution in [1.82, 2.24) is 4.57 Å². The van der Waals surface area contributed by atoms with Gasteiger partial charge in [-0.3, -0.25) is 4.79 Å². The van der Waals surface area contributed by atoms with Crippen LogP contribution in [-0.2, 0) is 6.54 Å². The van der Waals surface area contributed by atoms with Crippen molar-refractivity contribution in [1.29, 1.82) is 0 Å². The highest BCUT2D eigenvalue weighted by atomic mass is 16.1. The molecule has 0 atom stereocenters. The highest BCUT2D eigenvalue weighted by Gasteiger charge is 2.18. The third kappa shape index (κ3) is 4.59. The Labute approximate surface area is 174 Å². The summed E-state index contributed by atoms with van der Waals surface area (Å²) in [6.07, 6.45) is 6.83. The molecule has 0 saturated carbocycles. The molecule has 0 aliphatic rings. The molecule has 0 aliphatic heterocycles. The van der Waals surface area contributed by atoms with Crippen molar-refractivity contribution < 1.29 is 4.79 Å². The molecule has 2 nitrogen and oxygen atoms in total. The number of hydrogen-bond donors (Lipinski definition) is 0. The van der Waals surface area contributed by atoms with Crippen LogP contribution >= 0.6 is 0 Å². The molecule has 29 heavy (non-hydrogen) atoms. The number of ketones is 1. The van der Waals surface area contributed by atoms with E-state index in [4.69, 9.17) is 0 Å². The molecule has 0 aliphatic carbocycles. The lowest BCUT2D eigenvalue weighted by Crippen LogP contribution is -2.02. The van der Waals surface area contributed by atoms with Crippen LogP contribution in [0.25, 0.3) is 21.7 Å². The van der Waals surface area contributed by atoms with Gasteiger partial charge in [-0.1, -0.05) is 101 Å². The fourth-order valence-corrected chi connectivity index (χ4v) is 3.71. The number of unbranched alkanes of at least 4 members (excludes halogenated alkanes) is 2. The van der Waals surface area contributed by atoms with Gasteiger partial charge in [0.25, 0.3) is 0 Å². The third-order valence-corrected chi connectivity index (χ3v) is 5.07. The molecular weight excluding hydrogens is 354 g/mol. The van der Waals surface area contributed by atoms with Crippen molar-refractivity contribution in [3.63, 3.8) is 0 Å². The number of benzene rings is 3. The molecule has 2 heteroatoms. The van der Waals surface area contributed by atoms with E-state index in [0.29, 0.717) is 0 Å². The van der Waals surface area contributed by atoms with Gasteiger partial charge in [0.1, 0.15) is 0 Å². The van der Waals surface area contributed by atoms with Crippen molar-refractivity contribution in [2.75, 3.05) is 0 Å². The summed E-state index contributed by atoms with van der Waals surface area (Å²) in [6, 6.07) is 22.3. The van der Waals surface area contributed by atoms with Gasteiger partial charge in [-0.05, 0) is 23.3 Å². The Morgan fingerprint density at radius 3 is 2.17 bits per heavy atom. The van der Waals surface area contributed by atoms with Gasteiger partial charge in [0.05, 0.1) is 0 Å². The van der Waals surface area contributed by atoms with Gasteiger partial charge < -0.3 is 4.57 Å². The Morgan fingerprint density at radius 1 is 0.759 bits per heavy atom. The molecule has 0 spiro atoms. The minimum atomic E-state index is 0.104. The molecule has 4 rings (SSSR count). The standard InChI is InChI=1S/C24H23NO.C3H8/c1-2-3-8-16-25-17-22(20-13-6-7-15-23(20)25)24(26)21-14-9-11-18-10-4-5-12-19(18)21;1-3-2/h4-7,9-15,17H,2-3,8,16H2,1H3;3H2,1-2H3. The minimum absolute atomic E-state index is 0.104. The van der Waals surface area contributed by atoms with Crippen LogP contribution in [0.5, 0.6) is 0 Å². The lowest BCUT2D eigenvalue weighted by molar-refractivity contribution is 0.104. The zero-order valence-corrected chi connectivity index (χ0v) is 17.8. The van der Waals surface area contributed by atoms with Gasteiger partial charge in [0.2, 0.25) is 0 Å². The Hall–Kier alpha value is -2.87. The highest BCUT2D eigenvalue weighted by molar-refractivity contribution is 6.21. The minimum Gasteiger partial charge on any atom is -0.347 e. The van der Waals surface area contributed by atoms with Crippen LogP contribution in [0.2, 0.25) is 0 Å². The quantitative estimate of drug-likeness (QED) is 0.247. The average Bonchev–Trinajstić information content (AvgIpc) is 3.12. The van der Waals surface area contributed by atoms with Crippen LogP contribution in [0.4, 0.5) is 0 Å². The van der Waals surface area contributed by atoms with Crippen molar-refractivity contribution in [3.8, 4) is 0 Å². The number of carbonyl (C=O) groups excluding carboxylic acids is 1. The average molecular weight is 386 g/mol. The lowest BCUT2D eigenvalue weighted by atomic mass is 9.97. The van der Waals surface area contributed by atoms with Crippen LogP contribution < -0.4 is 0 Å². The molecule has 0 radical (unpaired) electrons. The first-order valence-corrected chi connectivity index (χ1v) is 10.8.